The van der Waals surface area contributed by atoms with Crippen molar-refractivity contribution in [3.8, 4) is 0 Å². The first kappa shape index (κ1) is 24.3. The van der Waals surface area contributed by atoms with Crippen LogP contribution in [0.4, 0.5) is 0 Å². The first-order valence-electron chi connectivity index (χ1n) is 8.45. The summed E-state index contributed by atoms with van der Waals surface area (Å²) in [6.07, 6.45) is -0.701. The molecule has 27 heavy (non-hydrogen) atoms. The molecular formula is C16H28N4O7. The molecule has 0 rings (SSSR count). The SMILES string of the molecule is CC(C)C(NC(=O)C(NC(=O)C(CC(=O)O)NC(=O)CN)C(C)C)C(=O)O. The van der Waals surface area contributed by atoms with Gasteiger partial charge in [0.2, 0.25) is 17.7 Å². The zero-order valence-corrected chi connectivity index (χ0v) is 15.8. The topological polar surface area (TPSA) is 188 Å². The van der Waals surface area contributed by atoms with Crippen LogP contribution >= 0.6 is 0 Å². The summed E-state index contributed by atoms with van der Waals surface area (Å²) in [6, 6.07) is -3.69. The number of amides is 3. The minimum Gasteiger partial charge on any atom is -0.481 e. The van der Waals surface area contributed by atoms with Crippen LogP contribution in [0, 0.1) is 11.8 Å². The van der Waals surface area contributed by atoms with E-state index in [1.54, 1.807) is 27.7 Å². The highest BCUT2D eigenvalue weighted by atomic mass is 16.4. The Labute approximate surface area is 157 Å². The average molecular weight is 388 g/mol. The molecule has 0 bridgehead atoms. The Morgan fingerprint density at radius 3 is 1.67 bits per heavy atom. The Balaban J connectivity index is 5.31. The van der Waals surface area contributed by atoms with Crippen molar-refractivity contribution in [3.63, 3.8) is 0 Å². The molecule has 11 heteroatoms. The van der Waals surface area contributed by atoms with Crippen LogP contribution in [-0.4, -0.2) is 64.5 Å². The average Bonchev–Trinajstić information content (AvgIpc) is 2.54. The van der Waals surface area contributed by atoms with E-state index in [1.807, 2.05) is 0 Å². The first-order chi connectivity index (χ1) is 12.4. The van der Waals surface area contributed by atoms with Crippen LogP contribution in [-0.2, 0) is 24.0 Å². The van der Waals surface area contributed by atoms with Crippen molar-refractivity contribution in [2.24, 2.45) is 17.6 Å². The van der Waals surface area contributed by atoms with E-state index in [0.717, 1.165) is 0 Å². The van der Waals surface area contributed by atoms with Crippen molar-refractivity contribution in [2.45, 2.75) is 52.2 Å². The van der Waals surface area contributed by atoms with Crippen molar-refractivity contribution >= 4 is 29.7 Å². The molecule has 0 saturated heterocycles. The van der Waals surface area contributed by atoms with Crippen LogP contribution in [0.1, 0.15) is 34.1 Å². The summed E-state index contributed by atoms with van der Waals surface area (Å²) in [4.78, 5) is 58.4. The fraction of sp³-hybridized carbons (Fsp3) is 0.688. The number of hydrogen-bond donors (Lipinski definition) is 6. The minimum atomic E-state index is -1.42. The van der Waals surface area contributed by atoms with Gasteiger partial charge in [-0.05, 0) is 11.8 Å². The van der Waals surface area contributed by atoms with Gasteiger partial charge in [0.1, 0.15) is 18.1 Å². The van der Waals surface area contributed by atoms with Crippen LogP contribution < -0.4 is 21.7 Å². The third kappa shape index (κ3) is 8.49. The van der Waals surface area contributed by atoms with Gasteiger partial charge in [0.15, 0.2) is 0 Å². The lowest BCUT2D eigenvalue weighted by atomic mass is 9.99. The Bertz CT molecular complexity index is 577. The standard InChI is InChI=1S/C16H28N4O7/c1-7(2)12(15(25)20-13(8(3)4)16(26)27)19-14(24)9(5-11(22)23)18-10(21)6-17/h7-9,12-13H,5-6,17H2,1-4H3,(H,18,21)(H,19,24)(H,20,25)(H,22,23)(H,26,27). The van der Waals surface area contributed by atoms with Crippen LogP contribution in [0.25, 0.3) is 0 Å². The maximum absolute atomic E-state index is 12.4. The van der Waals surface area contributed by atoms with Gasteiger partial charge in [0.25, 0.3) is 0 Å². The molecule has 0 radical (unpaired) electrons. The van der Waals surface area contributed by atoms with Gasteiger partial charge in [-0.1, -0.05) is 27.7 Å². The van der Waals surface area contributed by atoms with E-state index in [4.69, 9.17) is 10.8 Å². The highest BCUT2D eigenvalue weighted by Gasteiger charge is 2.32. The third-order valence-electron chi connectivity index (χ3n) is 3.69. The van der Waals surface area contributed by atoms with Crippen LogP contribution in [0.3, 0.4) is 0 Å². The monoisotopic (exact) mass is 388 g/mol. The lowest BCUT2D eigenvalue weighted by molar-refractivity contribution is -0.144. The summed E-state index contributed by atoms with van der Waals surface area (Å²) in [5.74, 6) is -5.70. The van der Waals surface area contributed by atoms with Crippen molar-refractivity contribution in [1.29, 1.82) is 0 Å². The molecule has 0 aromatic carbocycles. The first-order valence-corrected chi connectivity index (χ1v) is 8.45. The van der Waals surface area contributed by atoms with E-state index in [1.165, 1.54) is 0 Å². The molecule has 154 valence electrons. The lowest BCUT2D eigenvalue weighted by Crippen LogP contribution is -2.58. The molecule has 3 amide bonds. The van der Waals surface area contributed by atoms with E-state index in [0.29, 0.717) is 0 Å². The van der Waals surface area contributed by atoms with Gasteiger partial charge in [-0.3, -0.25) is 19.2 Å². The van der Waals surface area contributed by atoms with Crippen molar-refractivity contribution in [3.05, 3.63) is 0 Å². The fourth-order valence-corrected chi connectivity index (χ4v) is 2.18. The van der Waals surface area contributed by atoms with E-state index in [-0.39, 0.29) is 0 Å². The summed E-state index contributed by atoms with van der Waals surface area (Å²) in [5.41, 5.74) is 5.15. The largest absolute Gasteiger partial charge is 0.481 e. The normalized spacial score (nSPS) is 14.2. The van der Waals surface area contributed by atoms with Gasteiger partial charge in [0, 0.05) is 0 Å². The number of carbonyl (C=O) groups excluding carboxylic acids is 3. The highest BCUT2D eigenvalue weighted by molar-refractivity contribution is 5.95. The van der Waals surface area contributed by atoms with Crippen molar-refractivity contribution in [2.75, 3.05) is 6.54 Å². The molecule has 0 fully saturated rings. The second kappa shape index (κ2) is 11.1. The number of aliphatic carboxylic acids is 2. The van der Waals surface area contributed by atoms with E-state index in [2.05, 4.69) is 16.0 Å². The number of nitrogens with one attached hydrogen (secondary N) is 3. The molecule has 3 atom stereocenters. The van der Waals surface area contributed by atoms with Gasteiger partial charge < -0.3 is 31.9 Å². The molecule has 7 N–H and O–H groups in total. The second-order valence-corrected chi connectivity index (χ2v) is 6.72. The fourth-order valence-electron chi connectivity index (χ4n) is 2.18. The molecule has 0 aliphatic carbocycles. The zero-order valence-electron chi connectivity index (χ0n) is 15.8. The molecule has 3 unspecified atom stereocenters. The molecule has 0 heterocycles. The maximum atomic E-state index is 12.4. The molecule has 0 aromatic rings. The summed E-state index contributed by atoms with van der Waals surface area (Å²) in [5, 5.41) is 25.0. The molecule has 0 aromatic heterocycles. The van der Waals surface area contributed by atoms with E-state index < -0.39 is 72.6 Å². The zero-order chi connectivity index (χ0) is 21.3. The minimum absolute atomic E-state index is 0.390. The van der Waals surface area contributed by atoms with E-state index >= 15 is 0 Å². The second-order valence-electron chi connectivity index (χ2n) is 6.72. The summed E-state index contributed by atoms with van der Waals surface area (Å²) in [7, 11) is 0. The van der Waals surface area contributed by atoms with Gasteiger partial charge >= 0.3 is 11.9 Å². The number of nitrogens with two attached hydrogens (primary N) is 1. The molecule has 0 saturated carbocycles. The van der Waals surface area contributed by atoms with E-state index in [9.17, 15) is 29.1 Å². The van der Waals surface area contributed by atoms with Gasteiger partial charge in [0.05, 0.1) is 13.0 Å². The van der Waals surface area contributed by atoms with Gasteiger partial charge in [-0.25, -0.2) is 4.79 Å². The predicted molar refractivity (Wildman–Crippen MR) is 94.4 cm³/mol. The van der Waals surface area contributed by atoms with Gasteiger partial charge in [-0.15, -0.1) is 0 Å². The molecule has 0 spiro atoms. The van der Waals surface area contributed by atoms with Crippen molar-refractivity contribution < 1.29 is 34.2 Å². The highest BCUT2D eigenvalue weighted by Crippen LogP contribution is 2.07. The van der Waals surface area contributed by atoms with Crippen LogP contribution in [0.15, 0.2) is 0 Å². The molecule has 11 nitrogen and oxygen atoms in total. The quantitative estimate of drug-likeness (QED) is 0.241. The Morgan fingerprint density at radius 1 is 0.815 bits per heavy atom. The molecular weight excluding hydrogens is 360 g/mol. The molecule has 0 aliphatic heterocycles. The maximum Gasteiger partial charge on any atom is 0.326 e. The number of rotatable bonds is 11. The number of carbonyl (C=O) groups is 5. The summed E-state index contributed by atoms with van der Waals surface area (Å²) < 4.78 is 0. The number of hydrogen-bond acceptors (Lipinski definition) is 6. The smallest absolute Gasteiger partial charge is 0.326 e. The number of carboxylic acids is 2. The number of carboxylic acid groups (broad SMARTS) is 2. The lowest BCUT2D eigenvalue weighted by Gasteiger charge is -2.27. The third-order valence-corrected chi connectivity index (χ3v) is 3.69. The summed E-state index contributed by atoms with van der Waals surface area (Å²) >= 11 is 0. The predicted octanol–water partition coefficient (Wildman–Crippen LogP) is -1.73. The van der Waals surface area contributed by atoms with Gasteiger partial charge in [-0.2, -0.15) is 0 Å². The Kier molecular flexibility index (Phi) is 10.0. The Hall–Kier alpha value is -2.69. The van der Waals surface area contributed by atoms with Crippen molar-refractivity contribution in [1.82, 2.24) is 16.0 Å². The Morgan fingerprint density at radius 2 is 1.30 bits per heavy atom. The molecule has 0 aliphatic rings. The van der Waals surface area contributed by atoms with Crippen LogP contribution in [0.2, 0.25) is 0 Å². The van der Waals surface area contributed by atoms with Crippen LogP contribution in [0.5, 0.6) is 0 Å². The summed E-state index contributed by atoms with van der Waals surface area (Å²) in [6.45, 7) is 6.05.